The predicted molar refractivity (Wildman–Crippen MR) is 73.8 cm³/mol. The molecule has 4 nitrogen and oxygen atoms in total. The van der Waals surface area contributed by atoms with Gasteiger partial charge in [-0.3, -0.25) is 14.6 Å². The maximum atomic E-state index is 12.2. The summed E-state index contributed by atoms with van der Waals surface area (Å²) in [4.78, 5) is 17.2. The molecule has 0 saturated carbocycles. The van der Waals surface area contributed by atoms with Crippen LogP contribution in [-0.4, -0.2) is 61.1 Å². The molecule has 4 heterocycles. The first-order valence-electron chi connectivity index (χ1n) is 7.67. The molecule has 108 valence electrons. The highest BCUT2D eigenvalue weighted by molar-refractivity contribution is 5.77. The van der Waals surface area contributed by atoms with Crippen LogP contribution in [0.4, 0.5) is 0 Å². The molecule has 4 aliphatic rings. The van der Waals surface area contributed by atoms with Crippen LogP contribution in [0.15, 0.2) is 0 Å². The van der Waals surface area contributed by atoms with E-state index >= 15 is 0 Å². The smallest absolute Gasteiger partial charge is 0.324 e. The highest BCUT2D eigenvalue weighted by Gasteiger charge is 2.55. The number of rotatable bonds is 3. The minimum absolute atomic E-state index is 0.0271. The maximum Gasteiger partial charge on any atom is 0.324 e. The van der Waals surface area contributed by atoms with Crippen LogP contribution in [0.3, 0.4) is 0 Å². The molecule has 0 amide bonds. The summed E-state index contributed by atoms with van der Waals surface area (Å²) >= 11 is 0. The molecule has 0 spiro atoms. The summed E-state index contributed by atoms with van der Waals surface area (Å²) < 4.78 is 5.10. The third-order valence-corrected chi connectivity index (χ3v) is 5.24. The number of carbonyl (C=O) groups excluding carboxylic acids is 1. The molecule has 4 rings (SSSR count). The van der Waals surface area contributed by atoms with Gasteiger partial charge in [-0.1, -0.05) is 13.8 Å². The monoisotopic (exact) mass is 266 g/mol. The number of carbonyl (C=O) groups is 1. The molecule has 3 atom stereocenters. The maximum absolute atomic E-state index is 12.2. The third kappa shape index (κ3) is 2.19. The Bertz CT molecular complexity index is 350. The van der Waals surface area contributed by atoms with Crippen molar-refractivity contribution in [3.8, 4) is 0 Å². The van der Waals surface area contributed by atoms with E-state index in [4.69, 9.17) is 4.74 Å². The second-order valence-corrected chi connectivity index (χ2v) is 6.84. The SMILES string of the molecule is COC(=O)C1C2C(CN1CC(C)C)C1CCN2CC1. The first kappa shape index (κ1) is 13.4. The van der Waals surface area contributed by atoms with Crippen LogP contribution in [-0.2, 0) is 9.53 Å². The molecular weight excluding hydrogens is 240 g/mol. The van der Waals surface area contributed by atoms with Gasteiger partial charge in [0, 0.05) is 19.1 Å². The summed E-state index contributed by atoms with van der Waals surface area (Å²) in [6, 6.07) is 0.388. The van der Waals surface area contributed by atoms with Gasteiger partial charge in [0.1, 0.15) is 6.04 Å². The van der Waals surface area contributed by atoms with Crippen LogP contribution in [0.1, 0.15) is 26.7 Å². The number of methoxy groups -OCH3 is 1. The molecule has 4 aliphatic heterocycles. The van der Waals surface area contributed by atoms with Gasteiger partial charge in [0.2, 0.25) is 0 Å². The van der Waals surface area contributed by atoms with Gasteiger partial charge in [0.15, 0.2) is 0 Å². The largest absolute Gasteiger partial charge is 0.468 e. The van der Waals surface area contributed by atoms with Crippen molar-refractivity contribution < 1.29 is 9.53 Å². The number of esters is 1. The number of piperidine rings is 3. The van der Waals surface area contributed by atoms with Crippen LogP contribution in [0.2, 0.25) is 0 Å². The Balaban J connectivity index is 1.85. The van der Waals surface area contributed by atoms with E-state index in [9.17, 15) is 4.79 Å². The first-order valence-corrected chi connectivity index (χ1v) is 7.67. The molecule has 0 radical (unpaired) electrons. The minimum Gasteiger partial charge on any atom is -0.468 e. The topological polar surface area (TPSA) is 32.8 Å². The van der Waals surface area contributed by atoms with Crippen molar-refractivity contribution in [2.75, 3.05) is 33.3 Å². The molecule has 0 N–H and O–H groups in total. The van der Waals surface area contributed by atoms with Gasteiger partial charge in [-0.25, -0.2) is 0 Å². The third-order valence-electron chi connectivity index (χ3n) is 5.24. The molecule has 0 aromatic heterocycles. The van der Waals surface area contributed by atoms with Crippen molar-refractivity contribution in [3.05, 3.63) is 0 Å². The van der Waals surface area contributed by atoms with Gasteiger partial charge < -0.3 is 4.74 Å². The standard InChI is InChI=1S/C15H26N2O2/c1-10(2)8-17-9-12-11-4-6-16(7-5-11)13(12)14(17)15(18)19-3/h10-14H,4-9H2,1-3H3. The Labute approximate surface area is 116 Å². The highest BCUT2D eigenvalue weighted by Crippen LogP contribution is 2.44. The molecule has 2 bridgehead atoms. The average molecular weight is 266 g/mol. The van der Waals surface area contributed by atoms with Crippen LogP contribution in [0, 0.1) is 17.8 Å². The molecule has 0 aliphatic carbocycles. The Morgan fingerprint density at radius 1 is 1.32 bits per heavy atom. The Hall–Kier alpha value is -0.610. The summed E-state index contributed by atoms with van der Waals surface area (Å²) in [6.07, 6.45) is 2.65. The highest BCUT2D eigenvalue weighted by atomic mass is 16.5. The van der Waals surface area contributed by atoms with E-state index in [1.165, 1.54) is 33.0 Å². The minimum atomic E-state index is -0.0273. The lowest BCUT2D eigenvalue weighted by Crippen LogP contribution is -2.59. The van der Waals surface area contributed by atoms with Crippen molar-refractivity contribution in [2.24, 2.45) is 17.8 Å². The number of hydrogen-bond donors (Lipinski definition) is 0. The van der Waals surface area contributed by atoms with E-state index in [1.54, 1.807) is 0 Å². The Morgan fingerprint density at radius 3 is 2.58 bits per heavy atom. The van der Waals surface area contributed by atoms with E-state index in [0.29, 0.717) is 17.9 Å². The van der Waals surface area contributed by atoms with Gasteiger partial charge >= 0.3 is 5.97 Å². The van der Waals surface area contributed by atoms with Crippen molar-refractivity contribution in [2.45, 2.75) is 38.8 Å². The normalized spacial score (nSPS) is 41.6. The summed E-state index contributed by atoms with van der Waals surface area (Å²) in [5.41, 5.74) is 0. The molecule has 0 aromatic carbocycles. The average Bonchev–Trinajstić information content (AvgIpc) is 2.79. The van der Waals surface area contributed by atoms with E-state index < -0.39 is 0 Å². The van der Waals surface area contributed by atoms with Crippen LogP contribution in [0.5, 0.6) is 0 Å². The zero-order valence-corrected chi connectivity index (χ0v) is 12.3. The van der Waals surface area contributed by atoms with Gasteiger partial charge in [-0.2, -0.15) is 0 Å². The predicted octanol–water partition coefficient (Wildman–Crippen LogP) is 1.21. The van der Waals surface area contributed by atoms with Crippen molar-refractivity contribution in [1.82, 2.24) is 9.80 Å². The first-order chi connectivity index (χ1) is 9.11. The number of nitrogens with zero attached hydrogens (tertiary/aromatic N) is 2. The van der Waals surface area contributed by atoms with Crippen molar-refractivity contribution in [1.29, 1.82) is 0 Å². The van der Waals surface area contributed by atoms with Crippen LogP contribution < -0.4 is 0 Å². The summed E-state index contributed by atoms with van der Waals surface area (Å²) in [5, 5.41) is 0. The molecule has 0 aromatic rings. The number of likely N-dealkylation sites (tertiary alicyclic amines) is 1. The van der Waals surface area contributed by atoms with Crippen LogP contribution >= 0.6 is 0 Å². The Morgan fingerprint density at radius 2 is 2.00 bits per heavy atom. The molecule has 19 heavy (non-hydrogen) atoms. The van der Waals surface area contributed by atoms with Gasteiger partial charge in [-0.05, 0) is 43.7 Å². The summed E-state index contributed by atoms with van der Waals surface area (Å²) in [5.74, 6) is 2.09. The number of fused-ring (bicyclic) bond motifs is 2. The van der Waals surface area contributed by atoms with E-state index in [0.717, 1.165) is 19.0 Å². The molecular formula is C15H26N2O2. The van der Waals surface area contributed by atoms with E-state index in [-0.39, 0.29) is 12.0 Å². The van der Waals surface area contributed by atoms with E-state index in [1.807, 2.05) is 0 Å². The molecule has 4 fully saturated rings. The second kappa shape index (κ2) is 5.06. The summed E-state index contributed by atoms with van der Waals surface area (Å²) in [6.45, 7) is 8.90. The fourth-order valence-electron chi connectivity index (χ4n) is 4.55. The lowest BCUT2D eigenvalue weighted by atomic mass is 9.74. The lowest BCUT2D eigenvalue weighted by molar-refractivity contribution is -0.149. The van der Waals surface area contributed by atoms with Crippen LogP contribution in [0.25, 0.3) is 0 Å². The summed E-state index contributed by atoms with van der Waals surface area (Å²) in [7, 11) is 1.53. The quantitative estimate of drug-likeness (QED) is 0.719. The lowest BCUT2D eigenvalue weighted by Gasteiger charge is -2.49. The fraction of sp³-hybridized carbons (Fsp3) is 0.933. The molecule has 4 saturated heterocycles. The molecule has 3 unspecified atom stereocenters. The fourth-order valence-corrected chi connectivity index (χ4v) is 4.55. The van der Waals surface area contributed by atoms with Gasteiger partial charge in [0.25, 0.3) is 0 Å². The Kier molecular flexibility index (Phi) is 3.56. The van der Waals surface area contributed by atoms with Crippen molar-refractivity contribution in [3.63, 3.8) is 0 Å². The van der Waals surface area contributed by atoms with E-state index in [2.05, 4.69) is 23.6 Å². The number of hydrogen-bond acceptors (Lipinski definition) is 4. The van der Waals surface area contributed by atoms with Gasteiger partial charge in [0.05, 0.1) is 7.11 Å². The second-order valence-electron chi connectivity index (χ2n) is 6.84. The van der Waals surface area contributed by atoms with Gasteiger partial charge in [-0.15, -0.1) is 0 Å². The zero-order chi connectivity index (χ0) is 13.6. The zero-order valence-electron chi connectivity index (χ0n) is 12.3. The van der Waals surface area contributed by atoms with Crippen molar-refractivity contribution >= 4 is 5.97 Å². The number of ether oxygens (including phenoxy) is 1. The molecule has 4 heteroatoms.